The van der Waals surface area contributed by atoms with Crippen LogP contribution in [0.4, 0.5) is 28.4 Å². The number of azo groups is 1. The number of hydrogen-bond acceptors (Lipinski definition) is 5. The predicted octanol–water partition coefficient (Wildman–Crippen LogP) is 6.21. The van der Waals surface area contributed by atoms with Gasteiger partial charge in [-0.1, -0.05) is 24.3 Å². The summed E-state index contributed by atoms with van der Waals surface area (Å²) in [5, 5.41) is 8.87. The number of benzene rings is 3. The maximum atomic E-state index is 5.71. The van der Waals surface area contributed by atoms with Crippen LogP contribution in [0.5, 0.6) is 11.5 Å². The Balaban J connectivity index is 2.08. The zero-order chi connectivity index (χ0) is 18.1. The average Bonchev–Trinajstić information content (AvgIpc) is 2.84. The van der Waals surface area contributed by atoms with E-state index in [0.29, 0.717) is 0 Å². The zero-order valence-electron chi connectivity index (χ0n) is 14.9. The van der Waals surface area contributed by atoms with Crippen molar-refractivity contribution >= 4 is 28.4 Å². The van der Waals surface area contributed by atoms with Crippen LogP contribution in [0.2, 0.25) is 0 Å². The second-order valence-electron chi connectivity index (χ2n) is 6.03. The van der Waals surface area contributed by atoms with E-state index in [-0.39, 0.29) is 0 Å². The van der Waals surface area contributed by atoms with E-state index in [2.05, 4.69) is 15.1 Å². The van der Waals surface area contributed by atoms with Crippen LogP contribution in [-0.2, 0) is 0 Å². The van der Waals surface area contributed by atoms with E-state index in [1.165, 1.54) is 0 Å². The molecule has 26 heavy (non-hydrogen) atoms. The van der Waals surface area contributed by atoms with E-state index in [9.17, 15) is 0 Å². The smallest absolute Gasteiger partial charge is 0.146 e. The Hall–Kier alpha value is -3.34. The number of rotatable bonds is 3. The third kappa shape index (κ3) is 2.58. The topological polar surface area (TPSA) is 46.4 Å². The molecular weight excluding hydrogens is 326 g/mol. The number of methoxy groups -OCH3 is 2. The van der Waals surface area contributed by atoms with Crippen LogP contribution in [-0.4, -0.2) is 14.2 Å². The molecule has 0 radical (unpaired) electrons. The summed E-state index contributed by atoms with van der Waals surface area (Å²) in [4.78, 5) is 2.10. The Morgan fingerprint density at radius 2 is 1.19 bits per heavy atom. The van der Waals surface area contributed by atoms with Gasteiger partial charge in [-0.25, -0.2) is 0 Å². The van der Waals surface area contributed by atoms with Crippen molar-refractivity contribution in [3.63, 3.8) is 0 Å². The van der Waals surface area contributed by atoms with Gasteiger partial charge in [0.05, 0.1) is 25.6 Å². The highest BCUT2D eigenvalue weighted by atomic mass is 16.5. The molecule has 0 fully saturated rings. The molecule has 0 atom stereocenters. The van der Waals surface area contributed by atoms with Gasteiger partial charge in [0.25, 0.3) is 0 Å². The number of hydrogen-bond donors (Lipinski definition) is 0. The molecule has 3 aromatic rings. The Labute approximate surface area is 152 Å². The number of fused-ring (bicyclic) bond motifs is 2. The minimum Gasteiger partial charge on any atom is -0.494 e. The van der Waals surface area contributed by atoms with E-state index in [4.69, 9.17) is 9.47 Å². The first-order valence-corrected chi connectivity index (χ1v) is 8.35. The first kappa shape index (κ1) is 16.1. The minimum atomic E-state index is 0.730. The number of ether oxygens (including phenoxy) is 2. The Morgan fingerprint density at radius 1 is 0.731 bits per heavy atom. The molecule has 5 nitrogen and oxygen atoms in total. The van der Waals surface area contributed by atoms with Crippen molar-refractivity contribution in [3.05, 3.63) is 66.2 Å². The summed E-state index contributed by atoms with van der Waals surface area (Å²) in [6.07, 6.45) is 0. The molecule has 5 heteroatoms. The number of anilines is 3. The summed E-state index contributed by atoms with van der Waals surface area (Å²) >= 11 is 0. The van der Waals surface area contributed by atoms with Crippen molar-refractivity contribution < 1.29 is 9.47 Å². The van der Waals surface area contributed by atoms with Gasteiger partial charge in [-0.3, -0.25) is 4.90 Å². The molecule has 4 rings (SSSR count). The van der Waals surface area contributed by atoms with Crippen molar-refractivity contribution in [1.82, 2.24) is 0 Å². The van der Waals surface area contributed by atoms with Gasteiger partial charge in [-0.05, 0) is 48.9 Å². The van der Waals surface area contributed by atoms with Crippen LogP contribution in [0.15, 0.2) is 70.9 Å². The maximum absolute atomic E-state index is 5.71. The highest BCUT2D eigenvalue weighted by Gasteiger charge is 2.27. The lowest BCUT2D eigenvalue weighted by Gasteiger charge is -2.29. The monoisotopic (exact) mass is 345 g/mol. The third-order valence-electron chi connectivity index (χ3n) is 4.36. The van der Waals surface area contributed by atoms with Crippen LogP contribution in [0, 0.1) is 6.92 Å². The van der Waals surface area contributed by atoms with Gasteiger partial charge in [0.1, 0.15) is 28.6 Å². The highest BCUT2D eigenvalue weighted by molar-refractivity contribution is 5.93. The number of para-hydroxylation sites is 2. The first-order chi connectivity index (χ1) is 12.7. The molecule has 0 aromatic heterocycles. The molecular formula is C21H19N3O2. The fourth-order valence-electron chi connectivity index (χ4n) is 3.20. The summed E-state index contributed by atoms with van der Waals surface area (Å²) in [5.74, 6) is 1.46. The van der Waals surface area contributed by atoms with Crippen LogP contribution >= 0.6 is 0 Å². The molecule has 1 aliphatic rings. The molecule has 130 valence electrons. The van der Waals surface area contributed by atoms with Gasteiger partial charge in [0, 0.05) is 0 Å². The second kappa shape index (κ2) is 6.52. The van der Waals surface area contributed by atoms with Crippen molar-refractivity contribution in [2.24, 2.45) is 10.2 Å². The fourth-order valence-corrected chi connectivity index (χ4v) is 3.20. The Morgan fingerprint density at radius 3 is 1.65 bits per heavy atom. The van der Waals surface area contributed by atoms with E-state index in [1.807, 2.05) is 67.6 Å². The molecule has 1 aliphatic heterocycles. The zero-order valence-corrected chi connectivity index (χ0v) is 14.9. The normalized spacial score (nSPS) is 12.2. The largest absolute Gasteiger partial charge is 0.494 e. The molecule has 0 amide bonds. The van der Waals surface area contributed by atoms with E-state index in [0.717, 1.165) is 45.5 Å². The SMILES string of the molecule is COc1cc(C)cc(OC)c1N1c2ccccc2N=Nc2ccccc21. The van der Waals surface area contributed by atoms with Crippen LogP contribution in [0.3, 0.4) is 0 Å². The van der Waals surface area contributed by atoms with Crippen molar-refractivity contribution in [3.8, 4) is 11.5 Å². The summed E-state index contributed by atoms with van der Waals surface area (Å²) in [6, 6.07) is 19.8. The molecule has 0 aliphatic carbocycles. The lowest BCUT2D eigenvalue weighted by molar-refractivity contribution is 0.396. The molecule has 3 aromatic carbocycles. The lowest BCUT2D eigenvalue weighted by Crippen LogP contribution is -2.12. The van der Waals surface area contributed by atoms with Gasteiger partial charge in [0.15, 0.2) is 0 Å². The second-order valence-corrected chi connectivity index (χ2v) is 6.03. The maximum Gasteiger partial charge on any atom is 0.146 e. The van der Waals surface area contributed by atoms with Crippen LogP contribution < -0.4 is 14.4 Å². The van der Waals surface area contributed by atoms with Gasteiger partial charge < -0.3 is 9.47 Å². The Kier molecular flexibility index (Phi) is 4.05. The van der Waals surface area contributed by atoms with Gasteiger partial charge in [-0.2, -0.15) is 0 Å². The molecule has 0 unspecified atom stereocenters. The molecule has 1 heterocycles. The lowest BCUT2D eigenvalue weighted by atomic mass is 10.1. The van der Waals surface area contributed by atoms with Gasteiger partial charge >= 0.3 is 0 Å². The predicted molar refractivity (Wildman–Crippen MR) is 103 cm³/mol. The standard InChI is InChI=1S/C21H19N3O2/c1-14-12-19(25-2)21(20(13-14)26-3)24-17-10-6-4-8-15(17)22-23-16-9-5-7-11-18(16)24/h4-13H,1-3H3. The van der Waals surface area contributed by atoms with Gasteiger partial charge in [0.2, 0.25) is 0 Å². The third-order valence-corrected chi connectivity index (χ3v) is 4.36. The number of nitrogens with zero attached hydrogens (tertiary/aromatic N) is 3. The molecule has 0 bridgehead atoms. The summed E-state index contributed by atoms with van der Waals surface area (Å²) in [5.41, 5.74) is 5.30. The number of aryl methyl sites for hydroxylation is 1. The van der Waals surface area contributed by atoms with E-state index >= 15 is 0 Å². The summed E-state index contributed by atoms with van der Waals surface area (Å²) in [7, 11) is 3.34. The van der Waals surface area contributed by atoms with Crippen LogP contribution in [0.25, 0.3) is 0 Å². The minimum absolute atomic E-state index is 0.730. The van der Waals surface area contributed by atoms with Crippen molar-refractivity contribution in [2.45, 2.75) is 6.92 Å². The fraction of sp³-hybridized carbons (Fsp3) is 0.143. The molecule has 0 saturated carbocycles. The molecule has 0 saturated heterocycles. The molecule has 0 N–H and O–H groups in total. The first-order valence-electron chi connectivity index (χ1n) is 8.35. The Bertz CT molecular complexity index is 924. The average molecular weight is 345 g/mol. The van der Waals surface area contributed by atoms with Crippen LogP contribution in [0.1, 0.15) is 5.56 Å². The van der Waals surface area contributed by atoms with Crippen molar-refractivity contribution in [2.75, 3.05) is 19.1 Å². The quantitative estimate of drug-likeness (QED) is 0.443. The van der Waals surface area contributed by atoms with Crippen molar-refractivity contribution in [1.29, 1.82) is 0 Å². The van der Waals surface area contributed by atoms with E-state index in [1.54, 1.807) is 14.2 Å². The highest BCUT2D eigenvalue weighted by Crippen LogP contribution is 2.52. The summed E-state index contributed by atoms with van der Waals surface area (Å²) in [6.45, 7) is 2.02. The molecule has 0 spiro atoms. The summed E-state index contributed by atoms with van der Waals surface area (Å²) < 4.78 is 11.4. The van der Waals surface area contributed by atoms with Gasteiger partial charge in [-0.15, -0.1) is 10.2 Å². The van der Waals surface area contributed by atoms with E-state index < -0.39 is 0 Å².